The molecule has 74 valence electrons. The van der Waals surface area contributed by atoms with Crippen LogP contribution in [-0.4, -0.2) is 12.1 Å². The topological polar surface area (TPSA) is 41.1 Å². The number of amides is 2. The van der Waals surface area contributed by atoms with E-state index in [1.807, 2.05) is 0 Å². The highest BCUT2D eigenvalue weighted by molar-refractivity contribution is 6.30. The molecule has 0 saturated heterocycles. The molecule has 1 saturated carbocycles. The lowest BCUT2D eigenvalue weighted by molar-refractivity contribution is 0.251. The highest BCUT2D eigenvalue weighted by Crippen LogP contribution is 2.19. The van der Waals surface area contributed by atoms with Crippen molar-refractivity contribution in [1.29, 1.82) is 0 Å². The van der Waals surface area contributed by atoms with E-state index in [1.54, 1.807) is 24.3 Å². The van der Waals surface area contributed by atoms with Crippen LogP contribution in [0, 0.1) is 0 Å². The van der Waals surface area contributed by atoms with Crippen LogP contribution in [0.15, 0.2) is 24.3 Å². The minimum Gasteiger partial charge on any atom is -0.335 e. The SMILES string of the molecule is O=C(Nc1cccc(Cl)c1)NC1CC1. The van der Waals surface area contributed by atoms with E-state index >= 15 is 0 Å². The van der Waals surface area contributed by atoms with Crippen molar-refractivity contribution in [2.24, 2.45) is 0 Å². The largest absolute Gasteiger partial charge is 0.335 e. The molecule has 1 fully saturated rings. The van der Waals surface area contributed by atoms with Crippen molar-refractivity contribution >= 4 is 23.3 Å². The maximum absolute atomic E-state index is 11.3. The Bertz CT molecular complexity index is 350. The second-order valence-corrected chi connectivity index (χ2v) is 3.82. The Hall–Kier alpha value is -1.22. The van der Waals surface area contributed by atoms with Crippen molar-refractivity contribution in [2.75, 3.05) is 5.32 Å². The molecule has 3 nitrogen and oxygen atoms in total. The van der Waals surface area contributed by atoms with Gasteiger partial charge in [-0.25, -0.2) is 4.79 Å². The molecule has 0 radical (unpaired) electrons. The monoisotopic (exact) mass is 210 g/mol. The van der Waals surface area contributed by atoms with E-state index < -0.39 is 0 Å². The summed E-state index contributed by atoms with van der Waals surface area (Å²) in [7, 11) is 0. The first-order valence-corrected chi connectivity index (χ1v) is 4.95. The highest BCUT2D eigenvalue weighted by Gasteiger charge is 2.23. The number of carbonyl (C=O) groups is 1. The number of urea groups is 1. The van der Waals surface area contributed by atoms with E-state index in [-0.39, 0.29) is 6.03 Å². The van der Waals surface area contributed by atoms with Crippen molar-refractivity contribution in [1.82, 2.24) is 5.32 Å². The molecule has 0 heterocycles. The van der Waals surface area contributed by atoms with Crippen LogP contribution in [0.1, 0.15) is 12.8 Å². The second kappa shape index (κ2) is 3.88. The molecule has 2 N–H and O–H groups in total. The third-order valence-corrected chi connectivity index (χ3v) is 2.23. The Morgan fingerprint density at radius 1 is 1.43 bits per heavy atom. The number of halogens is 1. The fourth-order valence-electron chi connectivity index (χ4n) is 1.15. The van der Waals surface area contributed by atoms with Gasteiger partial charge in [0.25, 0.3) is 0 Å². The second-order valence-electron chi connectivity index (χ2n) is 3.38. The first kappa shape index (κ1) is 9.34. The van der Waals surface area contributed by atoms with Gasteiger partial charge < -0.3 is 10.6 Å². The molecular formula is C10H11ClN2O. The summed E-state index contributed by atoms with van der Waals surface area (Å²) in [5.74, 6) is 0. The van der Waals surface area contributed by atoms with E-state index in [0.717, 1.165) is 18.5 Å². The average molecular weight is 211 g/mol. The molecule has 1 aliphatic carbocycles. The lowest BCUT2D eigenvalue weighted by Crippen LogP contribution is -2.30. The van der Waals surface area contributed by atoms with Gasteiger partial charge in [-0.15, -0.1) is 0 Å². The zero-order valence-corrected chi connectivity index (χ0v) is 8.34. The first-order valence-electron chi connectivity index (χ1n) is 4.57. The van der Waals surface area contributed by atoms with Crippen molar-refractivity contribution in [2.45, 2.75) is 18.9 Å². The number of nitrogens with one attached hydrogen (secondary N) is 2. The van der Waals surface area contributed by atoms with Gasteiger partial charge in [-0.2, -0.15) is 0 Å². The number of hydrogen-bond acceptors (Lipinski definition) is 1. The lowest BCUT2D eigenvalue weighted by Gasteiger charge is -2.06. The van der Waals surface area contributed by atoms with E-state index in [2.05, 4.69) is 10.6 Å². The summed E-state index contributed by atoms with van der Waals surface area (Å²) in [4.78, 5) is 11.3. The van der Waals surface area contributed by atoms with E-state index in [0.29, 0.717) is 11.1 Å². The molecule has 0 aliphatic heterocycles. The Kier molecular flexibility index (Phi) is 2.59. The van der Waals surface area contributed by atoms with Gasteiger partial charge in [0.15, 0.2) is 0 Å². The third-order valence-electron chi connectivity index (χ3n) is 2.00. The average Bonchev–Trinajstić information content (AvgIpc) is 2.87. The van der Waals surface area contributed by atoms with Crippen molar-refractivity contribution < 1.29 is 4.79 Å². The molecule has 1 aromatic rings. The summed E-state index contributed by atoms with van der Waals surface area (Å²) in [6.45, 7) is 0. The van der Waals surface area contributed by atoms with Crippen LogP contribution in [0.5, 0.6) is 0 Å². The normalized spacial score (nSPS) is 14.9. The van der Waals surface area contributed by atoms with Crippen molar-refractivity contribution in [3.05, 3.63) is 29.3 Å². The minimum atomic E-state index is -0.158. The summed E-state index contributed by atoms with van der Waals surface area (Å²) in [5.41, 5.74) is 0.718. The molecule has 1 aromatic carbocycles. The predicted octanol–water partition coefficient (Wildman–Crippen LogP) is 2.62. The van der Waals surface area contributed by atoms with E-state index in [4.69, 9.17) is 11.6 Å². The zero-order valence-electron chi connectivity index (χ0n) is 7.59. The number of carbonyl (C=O) groups excluding carboxylic acids is 1. The standard InChI is InChI=1S/C10H11ClN2O/c11-7-2-1-3-9(6-7)13-10(14)12-8-4-5-8/h1-3,6,8H,4-5H2,(H2,12,13,14). The number of benzene rings is 1. The fourth-order valence-corrected chi connectivity index (χ4v) is 1.34. The highest BCUT2D eigenvalue weighted by atomic mass is 35.5. The molecule has 14 heavy (non-hydrogen) atoms. The van der Waals surface area contributed by atoms with E-state index in [1.165, 1.54) is 0 Å². The fraction of sp³-hybridized carbons (Fsp3) is 0.300. The third kappa shape index (κ3) is 2.64. The van der Waals surface area contributed by atoms with Crippen LogP contribution < -0.4 is 10.6 Å². The molecule has 0 atom stereocenters. The number of hydrogen-bond donors (Lipinski definition) is 2. The zero-order chi connectivity index (χ0) is 9.97. The summed E-state index contributed by atoms with van der Waals surface area (Å²) in [5, 5.41) is 6.17. The molecule has 0 spiro atoms. The van der Waals surface area contributed by atoms with Crippen molar-refractivity contribution in [3.63, 3.8) is 0 Å². The maximum atomic E-state index is 11.3. The summed E-state index contributed by atoms with van der Waals surface area (Å²) < 4.78 is 0. The summed E-state index contributed by atoms with van der Waals surface area (Å²) in [6, 6.07) is 7.30. The van der Waals surface area contributed by atoms with Gasteiger partial charge >= 0.3 is 6.03 Å². The maximum Gasteiger partial charge on any atom is 0.319 e. The van der Waals surface area contributed by atoms with E-state index in [9.17, 15) is 4.79 Å². The van der Waals surface area contributed by atoms with Gasteiger partial charge in [-0.3, -0.25) is 0 Å². The minimum absolute atomic E-state index is 0.158. The molecule has 4 heteroatoms. The molecule has 0 unspecified atom stereocenters. The lowest BCUT2D eigenvalue weighted by atomic mass is 10.3. The molecular weight excluding hydrogens is 200 g/mol. The smallest absolute Gasteiger partial charge is 0.319 e. The Balaban J connectivity index is 1.92. The predicted molar refractivity (Wildman–Crippen MR) is 56.6 cm³/mol. The van der Waals surface area contributed by atoms with Gasteiger partial charge in [0.1, 0.15) is 0 Å². The first-order chi connectivity index (χ1) is 6.74. The van der Waals surface area contributed by atoms with Crippen LogP contribution in [0.3, 0.4) is 0 Å². The molecule has 2 rings (SSSR count). The van der Waals surface area contributed by atoms with Gasteiger partial charge in [0.2, 0.25) is 0 Å². The molecule has 0 bridgehead atoms. The van der Waals surface area contributed by atoms with Crippen LogP contribution in [-0.2, 0) is 0 Å². The number of anilines is 1. The van der Waals surface area contributed by atoms with Crippen LogP contribution >= 0.6 is 11.6 Å². The Morgan fingerprint density at radius 3 is 2.86 bits per heavy atom. The number of rotatable bonds is 2. The molecule has 2 amide bonds. The van der Waals surface area contributed by atoms with Crippen LogP contribution in [0.4, 0.5) is 10.5 Å². The van der Waals surface area contributed by atoms with Gasteiger partial charge in [-0.1, -0.05) is 17.7 Å². The van der Waals surface area contributed by atoms with Crippen LogP contribution in [0.2, 0.25) is 5.02 Å². The molecule has 0 aromatic heterocycles. The van der Waals surface area contributed by atoms with Gasteiger partial charge in [0.05, 0.1) is 0 Å². The van der Waals surface area contributed by atoms with Gasteiger partial charge in [-0.05, 0) is 31.0 Å². The Labute approximate surface area is 87.4 Å². The quantitative estimate of drug-likeness (QED) is 0.774. The summed E-state index contributed by atoms with van der Waals surface area (Å²) >= 11 is 5.77. The van der Waals surface area contributed by atoms with Crippen LogP contribution in [0.25, 0.3) is 0 Å². The molecule has 1 aliphatic rings. The Morgan fingerprint density at radius 2 is 2.21 bits per heavy atom. The summed E-state index contributed by atoms with van der Waals surface area (Å²) in [6.07, 6.45) is 2.17. The van der Waals surface area contributed by atoms with Crippen molar-refractivity contribution in [3.8, 4) is 0 Å². The van der Waals surface area contributed by atoms with Gasteiger partial charge in [0, 0.05) is 16.8 Å².